The largest absolute Gasteiger partial charge is 0.481 e. The number of aliphatic carboxylic acids is 1. The highest BCUT2D eigenvalue weighted by Gasteiger charge is 2.17. The van der Waals surface area contributed by atoms with E-state index in [1.807, 2.05) is 37.4 Å². The standard InChI is InChI=1S/C16H18N4O2S2/c1-10-7-8-17-15(18-10)20-16(23)19-13(9-14(21)22)11-3-5-12(24-2)6-4-11/h3-8,13H,9H2,1-2H3,(H,21,22)(H2,17,18,19,20,23)/t13-/m0/s1. The molecule has 0 spiro atoms. The van der Waals surface area contributed by atoms with Crippen LogP contribution in [-0.2, 0) is 4.79 Å². The Morgan fingerprint density at radius 2 is 2.04 bits per heavy atom. The van der Waals surface area contributed by atoms with E-state index < -0.39 is 12.0 Å². The van der Waals surface area contributed by atoms with Gasteiger partial charge in [-0.15, -0.1) is 11.8 Å². The highest BCUT2D eigenvalue weighted by atomic mass is 32.2. The molecule has 0 fully saturated rings. The van der Waals surface area contributed by atoms with Crippen LogP contribution in [0.3, 0.4) is 0 Å². The van der Waals surface area contributed by atoms with Crippen LogP contribution >= 0.6 is 24.0 Å². The summed E-state index contributed by atoms with van der Waals surface area (Å²) in [7, 11) is 0. The lowest BCUT2D eigenvalue weighted by Gasteiger charge is -2.19. The average molecular weight is 362 g/mol. The quantitative estimate of drug-likeness (QED) is 0.534. The Morgan fingerprint density at radius 3 is 2.62 bits per heavy atom. The van der Waals surface area contributed by atoms with Crippen molar-refractivity contribution < 1.29 is 9.90 Å². The number of thiocarbonyl (C=S) groups is 1. The van der Waals surface area contributed by atoms with Gasteiger partial charge in [0.1, 0.15) is 0 Å². The van der Waals surface area contributed by atoms with Crippen LogP contribution in [0.5, 0.6) is 0 Å². The smallest absolute Gasteiger partial charge is 0.305 e. The molecule has 2 aromatic rings. The number of carboxylic acid groups (broad SMARTS) is 1. The van der Waals surface area contributed by atoms with Crippen molar-refractivity contribution in [1.29, 1.82) is 0 Å². The van der Waals surface area contributed by atoms with Crippen LogP contribution in [0.2, 0.25) is 0 Å². The minimum atomic E-state index is -0.906. The van der Waals surface area contributed by atoms with E-state index in [4.69, 9.17) is 17.3 Å². The number of rotatable bonds is 6. The molecule has 1 heterocycles. The Labute approximate surface area is 150 Å². The summed E-state index contributed by atoms with van der Waals surface area (Å²) in [6, 6.07) is 9.05. The minimum Gasteiger partial charge on any atom is -0.481 e. The van der Waals surface area contributed by atoms with Gasteiger partial charge in [0.15, 0.2) is 5.11 Å². The van der Waals surface area contributed by atoms with Gasteiger partial charge < -0.3 is 15.7 Å². The first-order valence-corrected chi connectivity index (χ1v) is 8.84. The molecule has 0 amide bonds. The molecule has 0 saturated heterocycles. The first-order chi connectivity index (χ1) is 11.5. The number of aromatic nitrogens is 2. The Bertz CT molecular complexity index is 722. The van der Waals surface area contributed by atoms with Crippen molar-refractivity contribution in [2.24, 2.45) is 0 Å². The Morgan fingerprint density at radius 1 is 1.33 bits per heavy atom. The summed E-state index contributed by atoms with van der Waals surface area (Å²) in [6.07, 6.45) is 3.53. The second-order valence-electron chi connectivity index (χ2n) is 5.04. The van der Waals surface area contributed by atoms with Gasteiger partial charge in [-0.3, -0.25) is 4.79 Å². The maximum atomic E-state index is 11.2. The van der Waals surface area contributed by atoms with E-state index in [0.29, 0.717) is 5.95 Å². The monoisotopic (exact) mass is 362 g/mol. The zero-order valence-electron chi connectivity index (χ0n) is 13.3. The van der Waals surface area contributed by atoms with Gasteiger partial charge in [-0.1, -0.05) is 12.1 Å². The molecule has 0 saturated carbocycles. The fourth-order valence-corrected chi connectivity index (χ4v) is 2.71. The van der Waals surface area contributed by atoms with Crippen LogP contribution in [0.25, 0.3) is 0 Å². The number of anilines is 1. The summed E-state index contributed by atoms with van der Waals surface area (Å²) in [5.41, 5.74) is 1.66. The second-order valence-corrected chi connectivity index (χ2v) is 6.33. The third-order valence-electron chi connectivity index (χ3n) is 3.22. The topological polar surface area (TPSA) is 87.1 Å². The van der Waals surface area contributed by atoms with Crippen LogP contribution in [0.4, 0.5) is 5.95 Å². The van der Waals surface area contributed by atoms with Crippen LogP contribution < -0.4 is 10.6 Å². The van der Waals surface area contributed by atoms with Crippen molar-refractivity contribution in [2.45, 2.75) is 24.3 Å². The number of carboxylic acids is 1. The van der Waals surface area contributed by atoms with Gasteiger partial charge in [0.05, 0.1) is 12.5 Å². The maximum absolute atomic E-state index is 11.2. The minimum absolute atomic E-state index is 0.0882. The maximum Gasteiger partial charge on any atom is 0.305 e. The second kappa shape index (κ2) is 8.60. The third-order valence-corrected chi connectivity index (χ3v) is 4.19. The van der Waals surface area contributed by atoms with Crippen molar-refractivity contribution in [1.82, 2.24) is 15.3 Å². The highest BCUT2D eigenvalue weighted by molar-refractivity contribution is 7.98. The van der Waals surface area contributed by atoms with E-state index >= 15 is 0 Å². The number of carbonyl (C=O) groups is 1. The summed E-state index contributed by atoms with van der Waals surface area (Å²) in [5.74, 6) is -0.532. The van der Waals surface area contributed by atoms with Gasteiger partial charge in [0.25, 0.3) is 0 Å². The van der Waals surface area contributed by atoms with Crippen LogP contribution in [0.1, 0.15) is 23.7 Å². The molecule has 2 rings (SSSR count). The van der Waals surface area contributed by atoms with Gasteiger partial charge in [-0.25, -0.2) is 9.97 Å². The zero-order chi connectivity index (χ0) is 17.5. The average Bonchev–Trinajstić information content (AvgIpc) is 2.54. The van der Waals surface area contributed by atoms with E-state index in [1.165, 1.54) is 0 Å². The van der Waals surface area contributed by atoms with E-state index in [9.17, 15) is 4.79 Å². The molecule has 0 bridgehead atoms. The van der Waals surface area contributed by atoms with E-state index in [-0.39, 0.29) is 11.5 Å². The molecule has 1 aromatic heterocycles. The molecule has 24 heavy (non-hydrogen) atoms. The van der Waals surface area contributed by atoms with E-state index in [2.05, 4.69) is 20.6 Å². The number of benzene rings is 1. The molecule has 0 aliphatic carbocycles. The molecule has 1 aromatic carbocycles. The molecule has 8 heteroatoms. The molecule has 6 nitrogen and oxygen atoms in total. The summed E-state index contributed by atoms with van der Waals surface area (Å²) >= 11 is 6.89. The molecule has 126 valence electrons. The van der Waals surface area contributed by atoms with Crippen molar-refractivity contribution in [3.05, 3.63) is 47.8 Å². The molecule has 0 aliphatic rings. The van der Waals surface area contributed by atoms with Gasteiger partial charge >= 0.3 is 5.97 Å². The first kappa shape index (κ1) is 18.2. The Balaban J connectivity index is 2.09. The number of hydrogen-bond acceptors (Lipinski definition) is 5. The molecule has 3 N–H and O–H groups in total. The van der Waals surface area contributed by atoms with Gasteiger partial charge in [0, 0.05) is 16.8 Å². The predicted octanol–water partition coefficient (Wildman–Crippen LogP) is 3.01. The first-order valence-electron chi connectivity index (χ1n) is 7.21. The van der Waals surface area contributed by atoms with Crippen molar-refractivity contribution in [3.63, 3.8) is 0 Å². The SMILES string of the molecule is CSc1ccc([C@H](CC(=O)O)NC(=S)Nc2nccc(C)n2)cc1. The van der Waals surface area contributed by atoms with Gasteiger partial charge in [0.2, 0.25) is 5.95 Å². The van der Waals surface area contributed by atoms with Crippen molar-refractivity contribution in [3.8, 4) is 0 Å². The normalized spacial score (nSPS) is 11.6. The fraction of sp³-hybridized carbons (Fsp3) is 0.250. The van der Waals surface area contributed by atoms with Crippen molar-refractivity contribution >= 4 is 41.0 Å². The predicted molar refractivity (Wildman–Crippen MR) is 99.3 cm³/mol. The summed E-state index contributed by atoms with van der Waals surface area (Å²) in [6.45, 7) is 1.85. The third kappa shape index (κ3) is 5.47. The molecule has 0 aliphatic heterocycles. The summed E-state index contributed by atoms with van der Waals surface area (Å²) in [4.78, 5) is 20.6. The summed E-state index contributed by atoms with van der Waals surface area (Å²) < 4.78 is 0. The van der Waals surface area contributed by atoms with E-state index in [1.54, 1.807) is 24.0 Å². The zero-order valence-corrected chi connectivity index (χ0v) is 14.9. The molecule has 0 radical (unpaired) electrons. The van der Waals surface area contributed by atoms with Crippen LogP contribution in [-0.4, -0.2) is 32.4 Å². The number of hydrogen-bond donors (Lipinski definition) is 3. The molecule has 0 unspecified atom stereocenters. The van der Waals surface area contributed by atoms with Gasteiger partial charge in [-0.2, -0.15) is 0 Å². The number of nitrogens with zero attached hydrogens (tertiary/aromatic N) is 2. The summed E-state index contributed by atoms with van der Waals surface area (Å²) in [5, 5.41) is 15.3. The van der Waals surface area contributed by atoms with Gasteiger partial charge in [-0.05, 0) is 49.2 Å². The highest BCUT2D eigenvalue weighted by Crippen LogP contribution is 2.21. The number of thioether (sulfide) groups is 1. The number of aryl methyl sites for hydroxylation is 1. The van der Waals surface area contributed by atoms with Crippen LogP contribution in [0, 0.1) is 6.92 Å². The van der Waals surface area contributed by atoms with Crippen molar-refractivity contribution in [2.75, 3.05) is 11.6 Å². The molecule has 1 atom stereocenters. The Kier molecular flexibility index (Phi) is 6.51. The Hall–Kier alpha value is -2.19. The lowest BCUT2D eigenvalue weighted by Crippen LogP contribution is -2.34. The van der Waals surface area contributed by atoms with Crippen LogP contribution in [0.15, 0.2) is 41.4 Å². The van der Waals surface area contributed by atoms with E-state index in [0.717, 1.165) is 16.2 Å². The fourth-order valence-electron chi connectivity index (χ4n) is 2.07. The lowest BCUT2D eigenvalue weighted by molar-refractivity contribution is -0.137. The lowest BCUT2D eigenvalue weighted by atomic mass is 10.0. The molecular weight excluding hydrogens is 344 g/mol. The number of nitrogens with one attached hydrogen (secondary N) is 2. The molecular formula is C16H18N4O2S2.